The van der Waals surface area contributed by atoms with E-state index in [4.69, 9.17) is 0 Å². The van der Waals surface area contributed by atoms with Crippen molar-refractivity contribution in [1.82, 2.24) is 9.78 Å². The summed E-state index contributed by atoms with van der Waals surface area (Å²) in [6.45, 7) is 0. The van der Waals surface area contributed by atoms with Gasteiger partial charge in [-0.2, -0.15) is 16.9 Å². The lowest BCUT2D eigenvalue weighted by atomic mass is 9.94. The lowest BCUT2D eigenvalue weighted by molar-refractivity contribution is -0.120. The maximum absolute atomic E-state index is 11.9. The van der Waals surface area contributed by atoms with Crippen LogP contribution in [0.25, 0.3) is 0 Å². The molecule has 3 nitrogen and oxygen atoms in total. The summed E-state index contributed by atoms with van der Waals surface area (Å²) in [4.78, 5) is 11.9. The van der Waals surface area contributed by atoms with Gasteiger partial charge >= 0.3 is 0 Å². The Morgan fingerprint density at radius 1 is 1.53 bits per heavy atom. The molecule has 0 N–H and O–H groups in total. The van der Waals surface area contributed by atoms with Gasteiger partial charge in [-0.1, -0.05) is 0 Å². The van der Waals surface area contributed by atoms with Crippen molar-refractivity contribution in [2.75, 3.05) is 11.5 Å². The number of ketones is 1. The van der Waals surface area contributed by atoms with E-state index in [1.54, 1.807) is 4.68 Å². The number of Topliss-reactive ketones (excluding diaryl/α,β-unsaturated/α-hetero) is 1. The zero-order valence-electron chi connectivity index (χ0n) is 10.4. The number of hydrogen-bond donors (Lipinski definition) is 0. The minimum atomic E-state index is 0.422. The lowest BCUT2D eigenvalue weighted by Crippen LogP contribution is -2.14. The number of thioether (sulfide) groups is 1. The molecule has 0 saturated carbocycles. The predicted molar refractivity (Wildman–Crippen MR) is 71.2 cm³/mol. The normalized spacial score (nSPS) is 17.2. The van der Waals surface area contributed by atoms with Crippen LogP contribution in [-0.4, -0.2) is 27.1 Å². The molecule has 2 rings (SSSR count). The smallest absolute Gasteiger partial charge is 0.133 e. The molecule has 0 aromatic carbocycles. The third-order valence-electron chi connectivity index (χ3n) is 3.31. The molecule has 1 aromatic rings. The Hall–Kier alpha value is -0.770. The van der Waals surface area contributed by atoms with Crippen molar-refractivity contribution in [3.63, 3.8) is 0 Å². The molecule has 17 heavy (non-hydrogen) atoms. The van der Waals surface area contributed by atoms with Crippen LogP contribution in [0.1, 0.15) is 31.2 Å². The molecule has 1 aliphatic rings. The number of carbonyl (C=O) groups excluding carboxylic acids is 1. The van der Waals surface area contributed by atoms with Crippen molar-refractivity contribution >= 4 is 17.5 Å². The first-order valence-corrected chi connectivity index (χ1v) is 7.46. The van der Waals surface area contributed by atoms with Crippen LogP contribution in [0.2, 0.25) is 0 Å². The Bertz CT molecular complexity index is 369. The monoisotopic (exact) mass is 252 g/mol. The highest BCUT2D eigenvalue weighted by Crippen LogP contribution is 2.25. The van der Waals surface area contributed by atoms with Gasteiger partial charge in [0.25, 0.3) is 0 Å². The topological polar surface area (TPSA) is 34.9 Å². The second kappa shape index (κ2) is 6.24. The molecule has 1 saturated heterocycles. The van der Waals surface area contributed by atoms with Crippen LogP contribution in [0.3, 0.4) is 0 Å². The van der Waals surface area contributed by atoms with E-state index in [1.807, 2.05) is 31.2 Å². The SMILES string of the molecule is Cn1cc(CCC(=O)CC2CCSCC2)cn1. The average molecular weight is 252 g/mol. The van der Waals surface area contributed by atoms with E-state index in [9.17, 15) is 4.79 Å². The summed E-state index contributed by atoms with van der Waals surface area (Å²) in [6, 6.07) is 0. The fourth-order valence-corrected chi connectivity index (χ4v) is 3.46. The Morgan fingerprint density at radius 2 is 2.29 bits per heavy atom. The van der Waals surface area contributed by atoms with Gasteiger partial charge in [0.15, 0.2) is 0 Å². The molecule has 0 atom stereocenters. The first kappa shape index (κ1) is 12.7. The summed E-state index contributed by atoms with van der Waals surface area (Å²) in [5.74, 6) is 3.55. The molecule has 0 bridgehead atoms. The first-order valence-electron chi connectivity index (χ1n) is 6.31. The summed E-state index contributed by atoms with van der Waals surface area (Å²) in [5.41, 5.74) is 1.17. The lowest BCUT2D eigenvalue weighted by Gasteiger charge is -2.20. The Labute approximate surface area is 107 Å². The fraction of sp³-hybridized carbons (Fsp3) is 0.692. The maximum Gasteiger partial charge on any atom is 0.133 e. The molecule has 94 valence electrons. The van der Waals surface area contributed by atoms with Crippen LogP contribution in [0, 0.1) is 5.92 Å². The zero-order chi connectivity index (χ0) is 12.1. The first-order chi connectivity index (χ1) is 8.24. The van der Waals surface area contributed by atoms with Gasteiger partial charge in [-0.25, -0.2) is 0 Å². The van der Waals surface area contributed by atoms with E-state index in [0.717, 1.165) is 12.8 Å². The van der Waals surface area contributed by atoms with E-state index in [2.05, 4.69) is 5.10 Å². The predicted octanol–water partition coefficient (Wildman–Crippen LogP) is 2.46. The van der Waals surface area contributed by atoms with Crippen molar-refractivity contribution < 1.29 is 4.79 Å². The van der Waals surface area contributed by atoms with Gasteiger partial charge in [-0.15, -0.1) is 0 Å². The standard InChI is InChI=1S/C13H20N2OS/c1-15-10-12(9-14-15)2-3-13(16)8-11-4-6-17-7-5-11/h9-11H,2-8H2,1H3. The fourth-order valence-electron chi connectivity index (χ4n) is 2.26. The second-order valence-electron chi connectivity index (χ2n) is 4.82. The number of nitrogens with zero attached hydrogens (tertiary/aromatic N) is 2. The van der Waals surface area contributed by atoms with Crippen LogP contribution >= 0.6 is 11.8 Å². The molecule has 0 spiro atoms. The van der Waals surface area contributed by atoms with Gasteiger partial charge in [-0.3, -0.25) is 9.48 Å². The molecular weight excluding hydrogens is 232 g/mol. The molecular formula is C13H20N2OS. The molecule has 0 amide bonds. The number of rotatable bonds is 5. The van der Waals surface area contributed by atoms with Gasteiger partial charge in [0.2, 0.25) is 0 Å². The highest BCUT2D eigenvalue weighted by molar-refractivity contribution is 7.99. The van der Waals surface area contributed by atoms with Crippen LogP contribution < -0.4 is 0 Å². The summed E-state index contributed by atoms with van der Waals surface area (Å²) in [6.07, 6.45) is 8.60. The minimum Gasteiger partial charge on any atom is -0.300 e. The minimum absolute atomic E-state index is 0.422. The summed E-state index contributed by atoms with van der Waals surface area (Å²) >= 11 is 2.02. The molecule has 0 radical (unpaired) electrons. The Balaban J connectivity index is 1.70. The number of aryl methyl sites for hydroxylation is 2. The van der Waals surface area contributed by atoms with E-state index < -0.39 is 0 Å². The second-order valence-corrected chi connectivity index (χ2v) is 6.05. The van der Waals surface area contributed by atoms with Crippen molar-refractivity contribution in [3.8, 4) is 0 Å². The van der Waals surface area contributed by atoms with Crippen molar-refractivity contribution in [1.29, 1.82) is 0 Å². The number of hydrogen-bond acceptors (Lipinski definition) is 3. The number of aromatic nitrogens is 2. The molecule has 1 aromatic heterocycles. The Kier molecular flexibility index (Phi) is 4.66. The summed E-state index contributed by atoms with van der Waals surface area (Å²) in [5, 5.41) is 4.11. The van der Waals surface area contributed by atoms with Gasteiger partial charge in [0.05, 0.1) is 6.20 Å². The van der Waals surface area contributed by atoms with Crippen LogP contribution in [-0.2, 0) is 18.3 Å². The van der Waals surface area contributed by atoms with E-state index >= 15 is 0 Å². The number of carbonyl (C=O) groups is 1. The Morgan fingerprint density at radius 3 is 2.94 bits per heavy atom. The van der Waals surface area contributed by atoms with Gasteiger partial charge in [0.1, 0.15) is 5.78 Å². The van der Waals surface area contributed by atoms with Crippen LogP contribution in [0.4, 0.5) is 0 Å². The van der Waals surface area contributed by atoms with E-state index in [0.29, 0.717) is 18.1 Å². The molecule has 2 heterocycles. The molecule has 0 aliphatic carbocycles. The third kappa shape index (κ3) is 4.19. The van der Waals surface area contributed by atoms with Gasteiger partial charge in [0, 0.05) is 26.1 Å². The summed E-state index contributed by atoms with van der Waals surface area (Å²) < 4.78 is 1.79. The van der Waals surface area contributed by atoms with Crippen LogP contribution in [0.5, 0.6) is 0 Å². The van der Waals surface area contributed by atoms with E-state index in [1.165, 1.54) is 29.9 Å². The molecule has 1 fully saturated rings. The largest absolute Gasteiger partial charge is 0.300 e. The highest BCUT2D eigenvalue weighted by Gasteiger charge is 2.17. The van der Waals surface area contributed by atoms with Gasteiger partial charge in [-0.05, 0) is 42.2 Å². The molecule has 1 aliphatic heterocycles. The van der Waals surface area contributed by atoms with Crippen molar-refractivity contribution in [3.05, 3.63) is 18.0 Å². The van der Waals surface area contributed by atoms with Crippen molar-refractivity contribution in [2.24, 2.45) is 13.0 Å². The average Bonchev–Trinajstić information content (AvgIpc) is 2.74. The molecule has 0 unspecified atom stereocenters. The van der Waals surface area contributed by atoms with Crippen LogP contribution in [0.15, 0.2) is 12.4 Å². The molecule has 4 heteroatoms. The maximum atomic E-state index is 11.9. The van der Waals surface area contributed by atoms with Gasteiger partial charge < -0.3 is 0 Å². The van der Waals surface area contributed by atoms with Crippen molar-refractivity contribution in [2.45, 2.75) is 32.1 Å². The van der Waals surface area contributed by atoms with E-state index in [-0.39, 0.29) is 0 Å². The zero-order valence-corrected chi connectivity index (χ0v) is 11.2. The summed E-state index contributed by atoms with van der Waals surface area (Å²) in [7, 11) is 1.91. The highest BCUT2D eigenvalue weighted by atomic mass is 32.2. The quantitative estimate of drug-likeness (QED) is 0.807. The third-order valence-corrected chi connectivity index (χ3v) is 4.36.